The fraction of sp³-hybridized carbons (Fsp3) is 0.833. The molecule has 0 aliphatic rings. The van der Waals surface area contributed by atoms with Crippen LogP contribution in [0.2, 0.25) is 0 Å². The molecule has 4 heteroatoms. The van der Waals surface area contributed by atoms with Crippen LogP contribution in [0.25, 0.3) is 0 Å². The summed E-state index contributed by atoms with van der Waals surface area (Å²) in [5.74, 6) is -0.0564. The first-order valence-electron chi connectivity index (χ1n) is 3.19. The van der Waals surface area contributed by atoms with Crippen LogP contribution in [-0.4, -0.2) is 44.8 Å². The van der Waals surface area contributed by atoms with Gasteiger partial charge in [-0.2, -0.15) is 4.90 Å². The molecule has 0 spiro atoms. The summed E-state index contributed by atoms with van der Waals surface area (Å²) in [6.45, 7) is 0.714. The smallest absolute Gasteiger partial charge is 0.280 e. The zero-order valence-corrected chi connectivity index (χ0v) is 6.42. The molecule has 0 rings (SSSR count). The average molecular weight is 146 g/mol. The van der Waals surface area contributed by atoms with E-state index in [-0.39, 0.29) is 12.5 Å². The molecule has 4 nitrogen and oxygen atoms in total. The number of nitrogens with zero attached hydrogens (tertiary/aromatic N) is 1. The van der Waals surface area contributed by atoms with Crippen LogP contribution in [0.1, 0.15) is 0 Å². The zero-order chi connectivity index (χ0) is 7.98. The molecule has 0 saturated heterocycles. The number of hydrogen-bond donors (Lipinski definition) is 2. The maximum Gasteiger partial charge on any atom is 0.280 e. The number of rotatable bonds is 4. The Labute approximate surface area is 60.8 Å². The average Bonchev–Trinajstić information content (AvgIpc) is 1.82. The van der Waals surface area contributed by atoms with Crippen molar-refractivity contribution in [1.29, 1.82) is 0 Å². The lowest BCUT2D eigenvalue weighted by atomic mass is 10.5. The van der Waals surface area contributed by atoms with Crippen molar-refractivity contribution in [3.05, 3.63) is 0 Å². The summed E-state index contributed by atoms with van der Waals surface area (Å²) in [5, 5.41) is 10.9. The highest BCUT2D eigenvalue weighted by Crippen LogP contribution is 1.68. The monoisotopic (exact) mass is 146 g/mol. The summed E-state index contributed by atoms with van der Waals surface area (Å²) >= 11 is 0. The van der Waals surface area contributed by atoms with Crippen LogP contribution in [-0.2, 0) is 4.79 Å². The molecule has 0 aromatic heterocycles. The molecule has 0 unspecified atom stereocenters. The Hall–Kier alpha value is -0.610. The number of likely N-dealkylation sites (N-methyl/N-ethyl adjacent to an activating group) is 1. The van der Waals surface area contributed by atoms with E-state index in [9.17, 15) is 4.79 Å². The molecule has 2 N–H and O–H groups in total. The van der Waals surface area contributed by atoms with Gasteiger partial charge in [-0.3, -0.25) is 4.79 Å². The van der Waals surface area contributed by atoms with Crippen LogP contribution in [0, 0.1) is 0 Å². The van der Waals surface area contributed by atoms with E-state index >= 15 is 0 Å². The van der Waals surface area contributed by atoms with Crippen molar-refractivity contribution < 1.29 is 9.90 Å². The van der Waals surface area contributed by atoms with Gasteiger partial charge in [-0.05, 0) is 0 Å². The van der Waals surface area contributed by atoms with Crippen LogP contribution < -0.4 is 10.2 Å². The number of hydrogen-bond acceptors (Lipinski definition) is 3. The van der Waals surface area contributed by atoms with Crippen molar-refractivity contribution in [3.8, 4) is 0 Å². The fourth-order valence-electron chi connectivity index (χ4n) is 0.538. The van der Waals surface area contributed by atoms with Crippen LogP contribution in [0.3, 0.4) is 0 Å². The van der Waals surface area contributed by atoms with Crippen molar-refractivity contribution >= 4 is 5.91 Å². The lowest BCUT2D eigenvalue weighted by molar-refractivity contribution is -0.120. The van der Waals surface area contributed by atoms with Gasteiger partial charge in [0.05, 0.1) is 6.61 Å². The molecule has 10 heavy (non-hydrogen) atoms. The summed E-state index contributed by atoms with van der Waals surface area (Å²) in [6, 6.07) is 0. The normalized spacial score (nSPS) is 10.0. The van der Waals surface area contributed by atoms with Gasteiger partial charge < -0.3 is 10.4 Å². The first-order valence-corrected chi connectivity index (χ1v) is 3.19. The number of carbonyl (C=O) groups is 1. The number of aliphatic hydroxyl groups is 1. The van der Waals surface area contributed by atoms with Crippen LogP contribution in [0.4, 0.5) is 0 Å². The van der Waals surface area contributed by atoms with E-state index in [2.05, 4.69) is 5.32 Å². The molecule has 1 amide bonds. The van der Waals surface area contributed by atoms with E-state index in [4.69, 9.17) is 5.11 Å². The van der Waals surface area contributed by atoms with Gasteiger partial charge in [0.2, 0.25) is 6.54 Å². The minimum absolute atomic E-state index is 0.000825. The van der Waals surface area contributed by atoms with Crippen LogP contribution >= 0.6 is 0 Å². The largest absolute Gasteiger partial charge is 0.395 e. The SMILES string of the molecule is C[N+](C)CC(=O)NCCO. The van der Waals surface area contributed by atoms with Gasteiger partial charge in [-0.25, -0.2) is 0 Å². The fourth-order valence-corrected chi connectivity index (χ4v) is 0.538. The third kappa shape index (κ3) is 5.53. The molecule has 0 atom stereocenters. The maximum absolute atomic E-state index is 10.7. The Bertz CT molecular complexity index is 104. The van der Waals surface area contributed by atoms with E-state index < -0.39 is 0 Å². The highest BCUT2D eigenvalue weighted by atomic mass is 16.3. The molecular weight excluding hydrogens is 132 g/mol. The van der Waals surface area contributed by atoms with Gasteiger partial charge in [0.1, 0.15) is 14.1 Å². The highest BCUT2D eigenvalue weighted by molar-refractivity contribution is 5.78. The first-order chi connectivity index (χ1) is 4.66. The summed E-state index contributed by atoms with van der Waals surface area (Å²) in [5.41, 5.74) is 0. The molecule has 0 aliphatic carbocycles. The summed E-state index contributed by atoms with van der Waals surface area (Å²) in [6.07, 6.45) is 0. The van der Waals surface area contributed by atoms with Crippen molar-refractivity contribution in [2.24, 2.45) is 0 Å². The lowest BCUT2D eigenvalue weighted by Gasteiger charge is -2.01. The molecule has 0 bridgehead atoms. The number of nitrogens with one attached hydrogen (secondary N) is 1. The Morgan fingerprint density at radius 2 is 2.20 bits per heavy atom. The molecular formula is C6H14N2O2+. The third-order valence-corrected chi connectivity index (χ3v) is 0.894. The molecule has 0 aliphatic heterocycles. The quantitative estimate of drug-likeness (QED) is 0.474. The molecule has 1 radical (unpaired) electrons. The Kier molecular flexibility index (Phi) is 4.88. The lowest BCUT2D eigenvalue weighted by Crippen LogP contribution is -2.37. The minimum atomic E-state index is -0.0564. The van der Waals surface area contributed by atoms with Crippen molar-refractivity contribution in [1.82, 2.24) is 10.2 Å². The van der Waals surface area contributed by atoms with E-state index in [1.54, 1.807) is 4.90 Å². The summed E-state index contributed by atoms with van der Waals surface area (Å²) in [4.78, 5) is 12.5. The molecule has 59 valence electrons. The van der Waals surface area contributed by atoms with E-state index in [1.807, 2.05) is 14.1 Å². The maximum atomic E-state index is 10.7. The van der Waals surface area contributed by atoms with Gasteiger partial charge in [-0.1, -0.05) is 0 Å². The number of amides is 1. The predicted octanol–water partition coefficient (Wildman–Crippen LogP) is -1.51. The van der Waals surface area contributed by atoms with E-state index in [1.165, 1.54) is 0 Å². The van der Waals surface area contributed by atoms with Crippen LogP contribution in [0.15, 0.2) is 0 Å². The molecule has 0 aromatic carbocycles. The van der Waals surface area contributed by atoms with Crippen LogP contribution in [0.5, 0.6) is 0 Å². The van der Waals surface area contributed by atoms with Gasteiger partial charge in [0.15, 0.2) is 0 Å². The van der Waals surface area contributed by atoms with Crippen molar-refractivity contribution in [2.45, 2.75) is 0 Å². The first kappa shape index (κ1) is 9.39. The second-order valence-electron chi connectivity index (χ2n) is 2.31. The Morgan fingerprint density at radius 3 is 2.60 bits per heavy atom. The number of carbonyl (C=O) groups excluding carboxylic acids is 1. The standard InChI is InChI=1S/C6H14N2O2/c1-8(2)5-6(10)7-3-4-9/h9H,3-5H2,1-2H3,(H,7,10)/q+1. The molecule has 0 saturated carbocycles. The second kappa shape index (κ2) is 5.20. The second-order valence-corrected chi connectivity index (χ2v) is 2.31. The molecule has 0 heterocycles. The minimum Gasteiger partial charge on any atom is -0.395 e. The summed E-state index contributed by atoms with van der Waals surface area (Å²) < 4.78 is 0. The van der Waals surface area contributed by atoms with Crippen molar-refractivity contribution in [3.63, 3.8) is 0 Å². The van der Waals surface area contributed by atoms with Gasteiger partial charge in [0.25, 0.3) is 5.91 Å². The Morgan fingerprint density at radius 1 is 1.60 bits per heavy atom. The topological polar surface area (TPSA) is 55.2 Å². The van der Waals surface area contributed by atoms with Crippen molar-refractivity contribution in [2.75, 3.05) is 33.8 Å². The van der Waals surface area contributed by atoms with E-state index in [0.29, 0.717) is 13.1 Å². The highest BCUT2D eigenvalue weighted by Gasteiger charge is 2.06. The zero-order valence-electron chi connectivity index (χ0n) is 6.42. The third-order valence-electron chi connectivity index (χ3n) is 0.894. The van der Waals surface area contributed by atoms with E-state index in [0.717, 1.165) is 0 Å². The Balaban J connectivity index is 3.26. The van der Waals surface area contributed by atoms with Gasteiger partial charge in [-0.15, -0.1) is 0 Å². The molecule has 0 fully saturated rings. The van der Waals surface area contributed by atoms with Gasteiger partial charge >= 0.3 is 0 Å². The number of aliphatic hydroxyl groups excluding tert-OH is 1. The molecule has 0 aromatic rings. The summed E-state index contributed by atoms with van der Waals surface area (Å²) in [7, 11) is 3.64. The predicted molar refractivity (Wildman–Crippen MR) is 38.9 cm³/mol. The van der Waals surface area contributed by atoms with Gasteiger partial charge in [0, 0.05) is 6.54 Å².